The van der Waals surface area contributed by atoms with Gasteiger partial charge in [-0.25, -0.2) is 8.42 Å². The smallest absolute Gasteiger partial charge is 0.305 e. The van der Waals surface area contributed by atoms with Gasteiger partial charge in [0.25, 0.3) is 0 Å². The van der Waals surface area contributed by atoms with Gasteiger partial charge < -0.3 is 9.05 Å². The van der Waals surface area contributed by atoms with Crippen molar-refractivity contribution < 1.29 is 22.0 Å². The molecular weight excluding hydrogens is 371 g/mol. The number of benzene rings is 2. The second-order valence-corrected chi connectivity index (χ2v) is 10.9. The Morgan fingerprint density at radius 2 is 1.19 bits per heavy atom. The summed E-state index contributed by atoms with van der Waals surface area (Å²) in [7, 11) is -8.05. The van der Waals surface area contributed by atoms with E-state index in [1.165, 1.54) is 12.1 Å². The second-order valence-electron chi connectivity index (χ2n) is 6.47. The van der Waals surface area contributed by atoms with E-state index in [-0.39, 0.29) is 4.90 Å². The zero-order valence-electron chi connectivity index (χ0n) is 15.4. The highest BCUT2D eigenvalue weighted by atomic mass is 32.2. The van der Waals surface area contributed by atoms with E-state index in [2.05, 4.69) is 0 Å². The average Bonchev–Trinajstić information content (AvgIpc) is 2.54. The zero-order valence-corrected chi connectivity index (χ0v) is 17.1. The molecule has 0 aliphatic rings. The lowest BCUT2D eigenvalue weighted by Crippen LogP contribution is -2.20. The topological polar surface area (TPSA) is 69.7 Å². The van der Waals surface area contributed by atoms with E-state index in [0.29, 0.717) is 5.56 Å². The molecule has 0 bridgehead atoms. The van der Waals surface area contributed by atoms with Gasteiger partial charge in [-0.15, -0.1) is 0 Å². The maximum Gasteiger partial charge on any atom is 0.354 e. The molecule has 0 saturated carbocycles. The van der Waals surface area contributed by atoms with Crippen LogP contribution in [0, 0.1) is 0 Å². The number of sulfone groups is 1. The Kier molecular flexibility index (Phi) is 6.80. The fourth-order valence-electron chi connectivity index (χ4n) is 2.61. The van der Waals surface area contributed by atoms with Gasteiger partial charge in [-0.3, -0.25) is 4.57 Å². The van der Waals surface area contributed by atoms with Gasteiger partial charge in [0.05, 0.1) is 17.1 Å². The Labute approximate surface area is 155 Å². The lowest BCUT2D eigenvalue weighted by Gasteiger charge is -2.30. The fourth-order valence-corrected chi connectivity index (χ4v) is 7.93. The predicted octanol–water partition coefficient (Wildman–Crippen LogP) is 5.20. The highest BCUT2D eigenvalue weighted by Gasteiger charge is 2.48. The maximum atomic E-state index is 13.7. The monoisotopic (exact) mass is 396 g/mol. The Balaban J connectivity index is 2.70. The van der Waals surface area contributed by atoms with Crippen LogP contribution in [0.3, 0.4) is 0 Å². The van der Waals surface area contributed by atoms with Crippen LogP contribution in [0.5, 0.6) is 0 Å². The molecule has 0 fully saturated rings. The third-order valence-electron chi connectivity index (χ3n) is 3.45. The summed E-state index contributed by atoms with van der Waals surface area (Å²) in [4.78, 5) is -1.36. The quantitative estimate of drug-likeness (QED) is 0.574. The lowest BCUT2D eigenvalue weighted by molar-refractivity contribution is 0.140. The van der Waals surface area contributed by atoms with Gasteiger partial charge in [-0.05, 0) is 45.4 Å². The van der Waals surface area contributed by atoms with Gasteiger partial charge in [-0.1, -0.05) is 48.5 Å². The largest absolute Gasteiger partial charge is 0.354 e. The minimum atomic E-state index is -4.04. The molecule has 2 rings (SSSR count). The highest BCUT2D eigenvalue weighted by molar-refractivity contribution is 7.98. The van der Waals surface area contributed by atoms with Crippen LogP contribution in [0.1, 0.15) is 38.2 Å². The van der Waals surface area contributed by atoms with E-state index in [0.717, 1.165) is 0 Å². The summed E-state index contributed by atoms with van der Waals surface area (Å²) in [6.45, 7) is 6.81. The maximum absolute atomic E-state index is 13.7. The van der Waals surface area contributed by atoms with Crippen molar-refractivity contribution in [3.8, 4) is 0 Å². The van der Waals surface area contributed by atoms with Crippen LogP contribution >= 0.6 is 7.60 Å². The van der Waals surface area contributed by atoms with Crippen molar-refractivity contribution in [3.05, 3.63) is 66.2 Å². The van der Waals surface area contributed by atoms with Gasteiger partial charge in [0.15, 0.2) is 14.8 Å². The molecule has 0 radical (unpaired) electrons. The molecule has 2 aromatic carbocycles. The van der Waals surface area contributed by atoms with E-state index in [9.17, 15) is 13.0 Å². The first-order chi connectivity index (χ1) is 12.2. The van der Waals surface area contributed by atoms with Crippen LogP contribution in [-0.2, 0) is 23.4 Å². The highest BCUT2D eigenvalue weighted by Crippen LogP contribution is 2.65. The van der Waals surface area contributed by atoms with Crippen molar-refractivity contribution in [1.82, 2.24) is 0 Å². The summed E-state index contributed by atoms with van der Waals surface area (Å²) in [5, 5.41) is 0. The Bertz CT molecular complexity index is 834. The molecule has 0 amide bonds. The molecule has 5 nitrogen and oxygen atoms in total. The van der Waals surface area contributed by atoms with Crippen LogP contribution in [0.2, 0.25) is 0 Å². The Morgan fingerprint density at radius 1 is 0.769 bits per heavy atom. The third-order valence-corrected chi connectivity index (χ3v) is 9.15. The molecule has 0 spiro atoms. The van der Waals surface area contributed by atoms with E-state index in [1.54, 1.807) is 76.2 Å². The van der Waals surface area contributed by atoms with Crippen molar-refractivity contribution in [2.24, 2.45) is 0 Å². The van der Waals surface area contributed by atoms with E-state index < -0.39 is 34.6 Å². The van der Waals surface area contributed by atoms with Crippen molar-refractivity contribution in [1.29, 1.82) is 0 Å². The molecule has 2 aromatic rings. The Hall–Kier alpha value is -1.46. The average molecular weight is 396 g/mol. The minimum Gasteiger partial charge on any atom is -0.305 e. The zero-order chi connectivity index (χ0) is 19.4. The van der Waals surface area contributed by atoms with E-state index >= 15 is 0 Å². The first-order valence-electron chi connectivity index (χ1n) is 8.47. The van der Waals surface area contributed by atoms with Crippen molar-refractivity contribution in [2.45, 2.75) is 49.8 Å². The standard InChI is InChI=1S/C19H25O5PS/c1-15(2)23-25(20,24-16(3)4)19(17-11-7-5-8-12-17)26(21,22)18-13-9-6-10-14-18/h5-16,19H,1-4H3. The molecule has 0 N–H and O–H groups in total. The number of hydrogen-bond acceptors (Lipinski definition) is 5. The Morgan fingerprint density at radius 3 is 1.62 bits per heavy atom. The second kappa shape index (κ2) is 8.49. The molecule has 1 unspecified atom stereocenters. The minimum absolute atomic E-state index is 0.0776. The number of hydrogen-bond donors (Lipinski definition) is 0. The summed E-state index contributed by atoms with van der Waals surface area (Å²) in [6, 6.07) is 16.4. The molecule has 0 aliphatic heterocycles. The summed E-state index contributed by atoms with van der Waals surface area (Å²) in [5.41, 5.74) is 0.376. The molecule has 7 heteroatoms. The molecule has 26 heavy (non-hydrogen) atoms. The van der Waals surface area contributed by atoms with Gasteiger partial charge in [0.2, 0.25) is 0 Å². The molecule has 0 saturated heterocycles. The molecule has 1 atom stereocenters. The summed E-state index contributed by atoms with van der Waals surface area (Å²) in [5.74, 6) is 0. The van der Waals surface area contributed by atoms with Gasteiger partial charge >= 0.3 is 7.60 Å². The predicted molar refractivity (Wildman–Crippen MR) is 103 cm³/mol. The van der Waals surface area contributed by atoms with Crippen LogP contribution in [0.25, 0.3) is 0 Å². The first-order valence-corrected chi connectivity index (χ1v) is 11.6. The summed E-state index contributed by atoms with van der Waals surface area (Å²) >= 11 is 0. The third kappa shape index (κ3) is 4.83. The van der Waals surface area contributed by atoms with E-state index in [4.69, 9.17) is 9.05 Å². The van der Waals surface area contributed by atoms with Gasteiger partial charge in [0, 0.05) is 0 Å². The fraction of sp³-hybridized carbons (Fsp3) is 0.368. The van der Waals surface area contributed by atoms with Gasteiger partial charge in [-0.2, -0.15) is 0 Å². The lowest BCUT2D eigenvalue weighted by atomic mass is 10.2. The molecular formula is C19H25O5PS. The van der Waals surface area contributed by atoms with Crippen LogP contribution in [0.4, 0.5) is 0 Å². The summed E-state index contributed by atoms with van der Waals surface area (Å²) in [6.07, 6.45) is -0.923. The van der Waals surface area contributed by atoms with Crippen LogP contribution in [-0.4, -0.2) is 20.6 Å². The molecule has 142 valence electrons. The SMILES string of the molecule is CC(C)OP(=O)(OC(C)C)C(c1ccccc1)S(=O)(=O)c1ccccc1. The number of rotatable bonds is 8. The molecule has 0 aromatic heterocycles. The van der Waals surface area contributed by atoms with Crippen molar-refractivity contribution in [3.63, 3.8) is 0 Å². The van der Waals surface area contributed by atoms with Crippen molar-refractivity contribution in [2.75, 3.05) is 0 Å². The van der Waals surface area contributed by atoms with Crippen molar-refractivity contribution >= 4 is 17.4 Å². The van der Waals surface area contributed by atoms with Crippen LogP contribution in [0.15, 0.2) is 65.6 Å². The molecule has 0 heterocycles. The normalized spacial score (nSPS) is 13.9. The van der Waals surface area contributed by atoms with Gasteiger partial charge in [0.1, 0.15) is 0 Å². The summed E-state index contributed by atoms with van der Waals surface area (Å²) < 4.78 is 51.8. The first kappa shape index (κ1) is 20.8. The molecule has 0 aliphatic carbocycles. The van der Waals surface area contributed by atoms with Crippen LogP contribution < -0.4 is 0 Å². The van der Waals surface area contributed by atoms with E-state index in [1.807, 2.05) is 0 Å².